The zero-order chi connectivity index (χ0) is 11.0. The summed E-state index contributed by atoms with van der Waals surface area (Å²) in [5.41, 5.74) is 8.13. The Balaban J connectivity index is 1.86. The van der Waals surface area contributed by atoms with Crippen molar-refractivity contribution in [2.45, 2.75) is 25.4 Å². The number of nitrogens with zero attached hydrogens (tertiary/aromatic N) is 3. The molecule has 1 aliphatic rings. The van der Waals surface area contributed by atoms with E-state index in [2.05, 4.69) is 10.1 Å². The van der Waals surface area contributed by atoms with Gasteiger partial charge in [0.25, 0.3) is 0 Å². The monoisotopic (exact) mass is 218 g/mol. The molecule has 3 heterocycles. The van der Waals surface area contributed by atoms with E-state index in [9.17, 15) is 0 Å². The molecule has 16 heavy (non-hydrogen) atoms. The van der Waals surface area contributed by atoms with E-state index < -0.39 is 0 Å². The molecule has 2 N–H and O–H groups in total. The van der Waals surface area contributed by atoms with Crippen LogP contribution in [-0.2, 0) is 11.2 Å². The lowest BCUT2D eigenvalue weighted by Gasteiger charge is -2.05. The van der Waals surface area contributed by atoms with Crippen LogP contribution in [0.15, 0.2) is 18.5 Å². The molecule has 2 aromatic rings. The molecule has 84 valence electrons. The largest absolute Gasteiger partial charge is 0.396 e. The SMILES string of the molecule is Nc1cnc2cc(CC3CCCO3)nn2c1. The van der Waals surface area contributed by atoms with E-state index in [1.54, 1.807) is 16.9 Å². The summed E-state index contributed by atoms with van der Waals surface area (Å²) in [6.07, 6.45) is 6.90. The van der Waals surface area contributed by atoms with Crippen LogP contribution in [0.2, 0.25) is 0 Å². The number of hydrogen-bond donors (Lipinski definition) is 1. The first kappa shape index (κ1) is 9.59. The van der Waals surface area contributed by atoms with Crippen LogP contribution in [-0.4, -0.2) is 27.3 Å². The fraction of sp³-hybridized carbons (Fsp3) is 0.455. The molecule has 5 nitrogen and oxygen atoms in total. The Morgan fingerprint density at radius 2 is 2.50 bits per heavy atom. The molecular formula is C11H14N4O. The van der Waals surface area contributed by atoms with Crippen LogP contribution in [0.3, 0.4) is 0 Å². The second-order valence-corrected chi connectivity index (χ2v) is 4.16. The molecule has 1 aliphatic heterocycles. The van der Waals surface area contributed by atoms with E-state index in [1.165, 1.54) is 0 Å². The highest BCUT2D eigenvalue weighted by molar-refractivity contribution is 5.44. The molecule has 5 heteroatoms. The molecule has 0 amide bonds. The van der Waals surface area contributed by atoms with E-state index in [0.717, 1.165) is 37.2 Å². The number of anilines is 1. The topological polar surface area (TPSA) is 65.4 Å². The molecule has 0 spiro atoms. The van der Waals surface area contributed by atoms with Crippen LogP contribution >= 0.6 is 0 Å². The Bertz CT molecular complexity index is 502. The molecule has 0 aromatic carbocycles. The minimum atomic E-state index is 0.322. The normalized spacial score (nSPS) is 20.6. The minimum Gasteiger partial charge on any atom is -0.396 e. The van der Waals surface area contributed by atoms with Gasteiger partial charge in [-0.2, -0.15) is 5.10 Å². The Hall–Kier alpha value is -1.62. The van der Waals surface area contributed by atoms with Gasteiger partial charge in [0, 0.05) is 19.1 Å². The van der Waals surface area contributed by atoms with E-state index in [4.69, 9.17) is 10.5 Å². The van der Waals surface area contributed by atoms with Gasteiger partial charge in [-0.15, -0.1) is 0 Å². The first-order valence-electron chi connectivity index (χ1n) is 5.53. The van der Waals surface area contributed by atoms with Gasteiger partial charge in [-0.1, -0.05) is 0 Å². The summed E-state index contributed by atoms with van der Waals surface area (Å²) in [7, 11) is 0. The van der Waals surface area contributed by atoms with Crippen molar-refractivity contribution in [3.05, 3.63) is 24.2 Å². The van der Waals surface area contributed by atoms with Gasteiger partial charge in [0.15, 0.2) is 5.65 Å². The van der Waals surface area contributed by atoms with Gasteiger partial charge in [-0.3, -0.25) is 0 Å². The van der Waals surface area contributed by atoms with Crippen LogP contribution in [0.4, 0.5) is 5.69 Å². The van der Waals surface area contributed by atoms with Crippen molar-refractivity contribution in [3.8, 4) is 0 Å². The fourth-order valence-electron chi connectivity index (χ4n) is 2.08. The summed E-state index contributed by atoms with van der Waals surface area (Å²) in [5.74, 6) is 0. The second-order valence-electron chi connectivity index (χ2n) is 4.16. The lowest BCUT2D eigenvalue weighted by atomic mass is 10.1. The van der Waals surface area contributed by atoms with Gasteiger partial charge in [-0.05, 0) is 12.8 Å². The number of aromatic nitrogens is 3. The Morgan fingerprint density at radius 1 is 1.56 bits per heavy atom. The molecule has 0 saturated carbocycles. The molecule has 1 fully saturated rings. The molecule has 2 aromatic heterocycles. The van der Waals surface area contributed by atoms with Gasteiger partial charge in [-0.25, -0.2) is 9.50 Å². The Morgan fingerprint density at radius 3 is 3.31 bits per heavy atom. The molecule has 1 unspecified atom stereocenters. The quantitative estimate of drug-likeness (QED) is 0.817. The average Bonchev–Trinajstić information content (AvgIpc) is 2.86. The van der Waals surface area contributed by atoms with Crippen LogP contribution < -0.4 is 5.73 Å². The van der Waals surface area contributed by atoms with Crippen molar-refractivity contribution < 1.29 is 4.74 Å². The maximum Gasteiger partial charge on any atom is 0.155 e. The molecule has 0 bridgehead atoms. The third kappa shape index (κ3) is 1.74. The molecule has 3 rings (SSSR count). The number of nitrogens with two attached hydrogens (primary N) is 1. The third-order valence-corrected chi connectivity index (χ3v) is 2.84. The highest BCUT2D eigenvalue weighted by Gasteiger charge is 2.17. The standard InChI is InChI=1S/C11H14N4O/c12-8-6-13-11-5-9(14-15(11)7-8)4-10-2-1-3-16-10/h5-7,10H,1-4,12H2. The minimum absolute atomic E-state index is 0.322. The smallest absolute Gasteiger partial charge is 0.155 e. The maximum atomic E-state index is 5.65. The van der Waals surface area contributed by atoms with Crippen molar-refractivity contribution in [3.63, 3.8) is 0 Å². The molecule has 1 saturated heterocycles. The Labute approximate surface area is 93.2 Å². The van der Waals surface area contributed by atoms with Crippen LogP contribution in [0.5, 0.6) is 0 Å². The van der Waals surface area contributed by atoms with E-state index >= 15 is 0 Å². The van der Waals surface area contributed by atoms with Gasteiger partial charge in [0.05, 0.1) is 29.9 Å². The molecule has 0 radical (unpaired) electrons. The van der Waals surface area contributed by atoms with Crippen molar-refractivity contribution in [2.75, 3.05) is 12.3 Å². The predicted octanol–water partition coefficient (Wildman–Crippen LogP) is 1.03. The summed E-state index contributed by atoms with van der Waals surface area (Å²) in [4.78, 5) is 4.21. The lowest BCUT2D eigenvalue weighted by molar-refractivity contribution is 0.110. The Kier molecular flexibility index (Phi) is 2.25. The highest BCUT2D eigenvalue weighted by atomic mass is 16.5. The molecular weight excluding hydrogens is 204 g/mol. The zero-order valence-corrected chi connectivity index (χ0v) is 8.97. The van der Waals surface area contributed by atoms with Crippen molar-refractivity contribution in [1.82, 2.24) is 14.6 Å². The average molecular weight is 218 g/mol. The van der Waals surface area contributed by atoms with Crippen LogP contribution in [0.1, 0.15) is 18.5 Å². The summed E-state index contributed by atoms with van der Waals surface area (Å²) in [5, 5.41) is 4.43. The van der Waals surface area contributed by atoms with Gasteiger partial charge in [0.1, 0.15) is 0 Å². The number of rotatable bonds is 2. The van der Waals surface area contributed by atoms with Crippen LogP contribution in [0, 0.1) is 0 Å². The summed E-state index contributed by atoms with van der Waals surface area (Å²) in [6.45, 7) is 0.878. The number of nitrogen functional groups attached to an aromatic ring is 1. The number of fused-ring (bicyclic) bond motifs is 1. The van der Waals surface area contributed by atoms with Gasteiger partial charge < -0.3 is 10.5 Å². The third-order valence-electron chi connectivity index (χ3n) is 2.84. The van der Waals surface area contributed by atoms with Crippen molar-refractivity contribution in [1.29, 1.82) is 0 Å². The maximum absolute atomic E-state index is 5.65. The first-order chi connectivity index (χ1) is 7.81. The van der Waals surface area contributed by atoms with Crippen molar-refractivity contribution >= 4 is 11.3 Å². The number of hydrogen-bond acceptors (Lipinski definition) is 4. The molecule has 1 atom stereocenters. The highest BCUT2D eigenvalue weighted by Crippen LogP contribution is 2.17. The van der Waals surface area contributed by atoms with E-state index in [-0.39, 0.29) is 0 Å². The number of ether oxygens (including phenoxy) is 1. The molecule has 0 aliphatic carbocycles. The van der Waals surface area contributed by atoms with Crippen LogP contribution in [0.25, 0.3) is 5.65 Å². The van der Waals surface area contributed by atoms with Gasteiger partial charge >= 0.3 is 0 Å². The zero-order valence-electron chi connectivity index (χ0n) is 8.97. The first-order valence-corrected chi connectivity index (χ1v) is 5.53. The van der Waals surface area contributed by atoms with Gasteiger partial charge in [0.2, 0.25) is 0 Å². The van der Waals surface area contributed by atoms with E-state index in [1.807, 2.05) is 6.07 Å². The lowest BCUT2D eigenvalue weighted by Crippen LogP contribution is -2.09. The summed E-state index contributed by atoms with van der Waals surface area (Å²) in [6, 6.07) is 1.99. The van der Waals surface area contributed by atoms with E-state index in [0.29, 0.717) is 11.8 Å². The van der Waals surface area contributed by atoms with Crippen molar-refractivity contribution in [2.24, 2.45) is 0 Å². The second kappa shape index (κ2) is 3.75. The summed E-state index contributed by atoms with van der Waals surface area (Å²) < 4.78 is 7.30. The predicted molar refractivity (Wildman–Crippen MR) is 60.1 cm³/mol. The summed E-state index contributed by atoms with van der Waals surface area (Å²) >= 11 is 0. The fourth-order valence-corrected chi connectivity index (χ4v) is 2.08.